The van der Waals surface area contributed by atoms with Crippen LogP contribution in [-0.4, -0.2) is 13.1 Å². The zero-order valence-electron chi connectivity index (χ0n) is 9.41. The Labute approximate surface area is 77.9 Å². The Morgan fingerprint density at radius 3 is 2.17 bits per heavy atom. The van der Waals surface area contributed by atoms with Crippen molar-refractivity contribution in [2.24, 2.45) is 11.3 Å². The highest BCUT2D eigenvalue weighted by atomic mass is 14.9. The molecule has 0 bridgehead atoms. The van der Waals surface area contributed by atoms with Crippen molar-refractivity contribution in [2.45, 2.75) is 47.5 Å². The zero-order valence-corrected chi connectivity index (χ0v) is 9.41. The van der Waals surface area contributed by atoms with E-state index in [9.17, 15) is 0 Å². The molecule has 74 valence electrons. The Balaban J connectivity index is 3.99. The maximum Gasteiger partial charge on any atom is 0.000749 e. The molecule has 1 N–H and O–H groups in total. The fourth-order valence-corrected chi connectivity index (χ4v) is 1.56. The van der Waals surface area contributed by atoms with Crippen LogP contribution < -0.4 is 5.32 Å². The lowest BCUT2D eigenvalue weighted by Gasteiger charge is -2.33. The van der Waals surface area contributed by atoms with Gasteiger partial charge in [0.1, 0.15) is 0 Å². The Bertz CT molecular complexity index is 110. The quantitative estimate of drug-likeness (QED) is 0.647. The fourth-order valence-electron chi connectivity index (χ4n) is 1.56. The fraction of sp³-hybridized carbons (Fsp3) is 1.00. The molecule has 1 atom stereocenters. The second-order valence-electron chi connectivity index (χ2n) is 4.34. The molecule has 0 aliphatic carbocycles. The number of nitrogens with one attached hydrogen (secondary N) is 1. The Kier molecular flexibility index (Phi) is 5.56. The van der Waals surface area contributed by atoms with Gasteiger partial charge >= 0.3 is 0 Å². The molecular weight excluding hydrogens is 146 g/mol. The normalized spacial score (nSPS) is 16.5. The Morgan fingerprint density at radius 1 is 1.25 bits per heavy atom. The first kappa shape index (κ1) is 12.0. The van der Waals surface area contributed by atoms with E-state index in [-0.39, 0.29) is 0 Å². The molecule has 0 aromatic rings. The first-order chi connectivity index (χ1) is 5.56. The van der Waals surface area contributed by atoms with Crippen molar-refractivity contribution in [1.29, 1.82) is 0 Å². The van der Waals surface area contributed by atoms with Gasteiger partial charge in [0.25, 0.3) is 0 Å². The van der Waals surface area contributed by atoms with E-state index in [2.05, 4.69) is 39.9 Å². The van der Waals surface area contributed by atoms with Gasteiger partial charge in [-0.05, 0) is 24.3 Å². The minimum atomic E-state index is 0.491. The van der Waals surface area contributed by atoms with E-state index in [1.165, 1.54) is 12.8 Å². The van der Waals surface area contributed by atoms with Crippen molar-refractivity contribution in [3.05, 3.63) is 0 Å². The van der Waals surface area contributed by atoms with Crippen molar-refractivity contribution in [3.8, 4) is 0 Å². The van der Waals surface area contributed by atoms with Crippen LogP contribution in [0.25, 0.3) is 0 Å². The third kappa shape index (κ3) is 3.57. The van der Waals surface area contributed by atoms with Gasteiger partial charge in [-0.1, -0.05) is 41.0 Å². The van der Waals surface area contributed by atoms with Crippen LogP contribution in [0, 0.1) is 11.3 Å². The molecular formula is C11H25N. The van der Waals surface area contributed by atoms with E-state index in [0.29, 0.717) is 5.41 Å². The molecule has 0 aliphatic heterocycles. The maximum atomic E-state index is 3.46. The minimum Gasteiger partial charge on any atom is -0.316 e. The van der Waals surface area contributed by atoms with Crippen LogP contribution in [0.5, 0.6) is 0 Å². The second kappa shape index (κ2) is 5.58. The van der Waals surface area contributed by atoms with E-state index >= 15 is 0 Å². The van der Waals surface area contributed by atoms with Crippen LogP contribution in [-0.2, 0) is 0 Å². The van der Waals surface area contributed by atoms with Gasteiger partial charge in [-0.25, -0.2) is 0 Å². The molecule has 0 heterocycles. The molecule has 12 heavy (non-hydrogen) atoms. The largest absolute Gasteiger partial charge is 0.316 e. The molecule has 1 nitrogen and oxygen atoms in total. The average Bonchev–Trinajstić information content (AvgIpc) is 2.01. The van der Waals surface area contributed by atoms with Crippen LogP contribution in [0.2, 0.25) is 0 Å². The van der Waals surface area contributed by atoms with E-state index in [0.717, 1.165) is 19.0 Å². The van der Waals surface area contributed by atoms with Gasteiger partial charge in [-0.3, -0.25) is 0 Å². The van der Waals surface area contributed by atoms with Gasteiger partial charge in [0, 0.05) is 6.54 Å². The standard InChI is InChI=1S/C11H25N/c1-6-8-11(5,10(3)4)9-12-7-2/h10,12H,6-9H2,1-5H3. The molecule has 0 saturated heterocycles. The van der Waals surface area contributed by atoms with E-state index in [1.807, 2.05) is 0 Å². The smallest absolute Gasteiger partial charge is 0.000749 e. The summed E-state index contributed by atoms with van der Waals surface area (Å²) in [5, 5.41) is 3.46. The monoisotopic (exact) mass is 171 g/mol. The minimum absolute atomic E-state index is 0.491. The first-order valence-corrected chi connectivity index (χ1v) is 5.27. The second-order valence-corrected chi connectivity index (χ2v) is 4.34. The van der Waals surface area contributed by atoms with Gasteiger partial charge in [-0.2, -0.15) is 0 Å². The summed E-state index contributed by atoms with van der Waals surface area (Å²) in [5.41, 5.74) is 0.491. The van der Waals surface area contributed by atoms with Crippen molar-refractivity contribution >= 4 is 0 Å². The topological polar surface area (TPSA) is 12.0 Å². The summed E-state index contributed by atoms with van der Waals surface area (Å²) in [6, 6.07) is 0. The number of rotatable bonds is 6. The van der Waals surface area contributed by atoms with E-state index in [1.54, 1.807) is 0 Å². The highest BCUT2D eigenvalue weighted by molar-refractivity contribution is 4.79. The Hall–Kier alpha value is -0.0400. The Morgan fingerprint density at radius 2 is 1.83 bits per heavy atom. The van der Waals surface area contributed by atoms with Crippen LogP contribution in [0.15, 0.2) is 0 Å². The third-order valence-corrected chi connectivity index (χ3v) is 2.99. The molecule has 0 radical (unpaired) electrons. The molecule has 0 saturated carbocycles. The summed E-state index contributed by atoms with van der Waals surface area (Å²) < 4.78 is 0. The van der Waals surface area contributed by atoms with Gasteiger partial charge in [0.2, 0.25) is 0 Å². The predicted octanol–water partition coefficient (Wildman–Crippen LogP) is 3.06. The summed E-state index contributed by atoms with van der Waals surface area (Å²) in [6.07, 6.45) is 2.62. The van der Waals surface area contributed by atoms with Crippen molar-refractivity contribution in [1.82, 2.24) is 5.32 Å². The number of hydrogen-bond acceptors (Lipinski definition) is 1. The molecule has 0 rings (SSSR count). The third-order valence-electron chi connectivity index (χ3n) is 2.99. The maximum absolute atomic E-state index is 3.46. The number of hydrogen-bond donors (Lipinski definition) is 1. The van der Waals surface area contributed by atoms with Crippen LogP contribution in [0.4, 0.5) is 0 Å². The molecule has 0 spiro atoms. The van der Waals surface area contributed by atoms with Crippen LogP contribution >= 0.6 is 0 Å². The van der Waals surface area contributed by atoms with Crippen molar-refractivity contribution < 1.29 is 0 Å². The summed E-state index contributed by atoms with van der Waals surface area (Å²) in [7, 11) is 0. The molecule has 1 heteroatoms. The highest BCUT2D eigenvalue weighted by Crippen LogP contribution is 2.31. The van der Waals surface area contributed by atoms with Gasteiger partial charge < -0.3 is 5.32 Å². The zero-order chi connectivity index (χ0) is 9.61. The lowest BCUT2D eigenvalue weighted by Crippen LogP contribution is -2.35. The molecule has 0 fully saturated rings. The average molecular weight is 171 g/mol. The van der Waals surface area contributed by atoms with Gasteiger partial charge in [0.05, 0.1) is 0 Å². The lowest BCUT2D eigenvalue weighted by atomic mass is 9.75. The first-order valence-electron chi connectivity index (χ1n) is 5.27. The summed E-state index contributed by atoms with van der Waals surface area (Å²) >= 11 is 0. The SMILES string of the molecule is CCCC(C)(CNCC)C(C)C. The lowest BCUT2D eigenvalue weighted by molar-refractivity contribution is 0.191. The van der Waals surface area contributed by atoms with E-state index in [4.69, 9.17) is 0 Å². The summed E-state index contributed by atoms with van der Waals surface area (Å²) in [6.45, 7) is 13.7. The molecule has 0 aromatic heterocycles. The van der Waals surface area contributed by atoms with Gasteiger partial charge in [0.15, 0.2) is 0 Å². The highest BCUT2D eigenvalue weighted by Gasteiger charge is 2.26. The summed E-state index contributed by atoms with van der Waals surface area (Å²) in [4.78, 5) is 0. The van der Waals surface area contributed by atoms with E-state index < -0.39 is 0 Å². The van der Waals surface area contributed by atoms with Crippen molar-refractivity contribution in [2.75, 3.05) is 13.1 Å². The molecule has 0 aromatic carbocycles. The predicted molar refractivity (Wildman–Crippen MR) is 56.4 cm³/mol. The van der Waals surface area contributed by atoms with Crippen LogP contribution in [0.3, 0.4) is 0 Å². The molecule has 0 amide bonds. The van der Waals surface area contributed by atoms with Gasteiger partial charge in [-0.15, -0.1) is 0 Å². The van der Waals surface area contributed by atoms with Crippen LogP contribution in [0.1, 0.15) is 47.5 Å². The molecule has 1 unspecified atom stereocenters. The van der Waals surface area contributed by atoms with Crippen molar-refractivity contribution in [3.63, 3.8) is 0 Å². The molecule has 0 aliphatic rings. The summed E-state index contributed by atoms with van der Waals surface area (Å²) in [5.74, 6) is 0.775.